The van der Waals surface area contributed by atoms with E-state index < -0.39 is 12.0 Å². The zero-order chi connectivity index (χ0) is 29.3. The highest BCUT2D eigenvalue weighted by Gasteiger charge is 2.49. The largest absolute Gasteiger partial charge is 0.461 e. The van der Waals surface area contributed by atoms with E-state index in [2.05, 4.69) is 31.0 Å². The molecule has 4 aliphatic heterocycles. The Balaban J connectivity index is 1.32. The molecule has 1 N–H and O–H groups in total. The molecule has 4 fully saturated rings. The number of hydrogen-bond acceptors (Lipinski definition) is 7. The summed E-state index contributed by atoms with van der Waals surface area (Å²) in [5.41, 5.74) is 1.56. The number of anilines is 1. The van der Waals surface area contributed by atoms with Gasteiger partial charge in [0.05, 0.1) is 16.6 Å². The highest BCUT2D eigenvalue weighted by atomic mass is 35.5. The Kier molecular flexibility index (Phi) is 6.44. The molecule has 0 aliphatic carbocycles. The molecule has 6 heterocycles. The molecule has 7 nitrogen and oxygen atoms in total. The van der Waals surface area contributed by atoms with Gasteiger partial charge in [-0.05, 0) is 43.7 Å². The lowest BCUT2D eigenvalue weighted by molar-refractivity contribution is 0.107. The van der Waals surface area contributed by atoms with Gasteiger partial charge in [0.25, 0.3) is 0 Å². The Morgan fingerprint density at radius 2 is 1.86 bits per heavy atom. The van der Waals surface area contributed by atoms with E-state index in [-0.39, 0.29) is 28.8 Å². The third-order valence-electron chi connectivity index (χ3n) is 9.77. The van der Waals surface area contributed by atoms with Crippen LogP contribution in [0.4, 0.5) is 14.6 Å². The number of halogens is 3. The fraction of sp³-hybridized carbons (Fsp3) is 0.424. The molecule has 0 spiro atoms. The molecule has 220 valence electrons. The zero-order valence-corrected chi connectivity index (χ0v) is 24.4. The molecule has 43 heavy (non-hydrogen) atoms. The predicted molar refractivity (Wildman–Crippen MR) is 164 cm³/mol. The maximum absolute atomic E-state index is 16.0. The number of aromatic nitrogens is 3. The lowest BCUT2D eigenvalue weighted by Crippen LogP contribution is -2.51. The summed E-state index contributed by atoms with van der Waals surface area (Å²) in [6.45, 7) is 2.92. The average molecular weight is 601 g/mol. The van der Waals surface area contributed by atoms with Crippen LogP contribution in [0.25, 0.3) is 32.9 Å². The highest BCUT2D eigenvalue weighted by molar-refractivity contribution is 6.31. The number of hydrogen-bond donors (Lipinski definition) is 1. The summed E-state index contributed by atoms with van der Waals surface area (Å²) in [5, 5.41) is 5.62. The second-order valence-electron chi connectivity index (χ2n) is 12.4. The minimum Gasteiger partial charge on any atom is -0.461 e. The standard InChI is InChI=1S/C33H31ClF2N6O/c1-2-19-6-3-7-20-8-4-9-24(25(19)20)28-26-29(27(36)30(34)38-28)39-32(40-31(26)41-16-22-10-11-23(17-41)37-22)43-18-33-12-5-13-42(33)15-21(35)14-33/h1,3-4,6-9,21-23,37H,5,10-18H2/t21-,22-,23+,33+/m1/s1. The van der Waals surface area contributed by atoms with Crippen LogP contribution in [0.15, 0.2) is 36.4 Å². The fourth-order valence-electron chi connectivity index (χ4n) is 7.87. The minimum absolute atomic E-state index is 0.0478. The van der Waals surface area contributed by atoms with Crippen LogP contribution in [0.1, 0.15) is 37.7 Å². The van der Waals surface area contributed by atoms with Gasteiger partial charge in [-0.3, -0.25) is 4.90 Å². The highest BCUT2D eigenvalue weighted by Crippen LogP contribution is 2.43. The second kappa shape index (κ2) is 10.3. The molecule has 4 saturated heterocycles. The van der Waals surface area contributed by atoms with Crippen molar-refractivity contribution >= 4 is 39.1 Å². The first-order chi connectivity index (χ1) is 20.9. The van der Waals surface area contributed by atoms with Crippen molar-refractivity contribution in [3.63, 3.8) is 0 Å². The summed E-state index contributed by atoms with van der Waals surface area (Å²) < 4.78 is 36.7. The number of alkyl halides is 1. The second-order valence-corrected chi connectivity index (χ2v) is 12.7. The van der Waals surface area contributed by atoms with Crippen LogP contribution in [-0.4, -0.2) is 76.4 Å². The fourth-order valence-corrected chi connectivity index (χ4v) is 8.05. The molecule has 0 unspecified atom stereocenters. The van der Waals surface area contributed by atoms with E-state index in [0.717, 1.165) is 48.6 Å². The number of benzene rings is 2. The number of terminal acetylenes is 1. The molecule has 8 rings (SSSR count). The molecular formula is C33H31ClF2N6O. The van der Waals surface area contributed by atoms with E-state index in [1.807, 2.05) is 36.4 Å². The maximum Gasteiger partial charge on any atom is 0.319 e. The molecule has 4 aliphatic rings. The Morgan fingerprint density at radius 3 is 2.65 bits per heavy atom. The molecule has 4 aromatic rings. The van der Waals surface area contributed by atoms with Crippen LogP contribution >= 0.6 is 11.6 Å². The topological polar surface area (TPSA) is 66.4 Å². The van der Waals surface area contributed by atoms with Crippen molar-refractivity contribution in [2.24, 2.45) is 0 Å². The van der Waals surface area contributed by atoms with E-state index >= 15 is 4.39 Å². The van der Waals surface area contributed by atoms with Crippen molar-refractivity contribution < 1.29 is 13.5 Å². The van der Waals surface area contributed by atoms with Crippen molar-refractivity contribution in [3.8, 4) is 29.6 Å². The molecule has 2 bridgehead atoms. The van der Waals surface area contributed by atoms with Crippen LogP contribution in [0.5, 0.6) is 6.01 Å². The van der Waals surface area contributed by atoms with Crippen molar-refractivity contribution in [2.75, 3.05) is 37.7 Å². The lowest BCUT2D eigenvalue weighted by atomic mass is 9.95. The first kappa shape index (κ1) is 27.0. The summed E-state index contributed by atoms with van der Waals surface area (Å²) in [6, 6.07) is 12.3. The van der Waals surface area contributed by atoms with Crippen LogP contribution in [0, 0.1) is 18.2 Å². The summed E-state index contributed by atoms with van der Waals surface area (Å²) in [7, 11) is 0. The Bertz CT molecular complexity index is 1800. The van der Waals surface area contributed by atoms with Gasteiger partial charge in [0.2, 0.25) is 0 Å². The van der Waals surface area contributed by atoms with Gasteiger partial charge in [-0.2, -0.15) is 9.97 Å². The first-order valence-electron chi connectivity index (χ1n) is 15.0. The van der Waals surface area contributed by atoms with Gasteiger partial charge in [-0.25, -0.2) is 13.8 Å². The third-order valence-corrected chi connectivity index (χ3v) is 10.0. The molecule has 10 heteroatoms. The Morgan fingerprint density at radius 1 is 1.07 bits per heavy atom. The van der Waals surface area contributed by atoms with Crippen molar-refractivity contribution in [3.05, 3.63) is 52.9 Å². The van der Waals surface area contributed by atoms with Crippen LogP contribution in [0.3, 0.4) is 0 Å². The number of ether oxygens (including phenoxy) is 1. The summed E-state index contributed by atoms with van der Waals surface area (Å²) in [6.07, 6.45) is 9.43. The number of fused-ring (bicyclic) bond motifs is 5. The minimum atomic E-state index is -0.883. The Hall–Kier alpha value is -3.58. The number of nitrogens with zero attached hydrogens (tertiary/aromatic N) is 5. The molecule has 0 amide bonds. The molecular weight excluding hydrogens is 570 g/mol. The van der Waals surface area contributed by atoms with Gasteiger partial charge >= 0.3 is 6.01 Å². The molecule has 4 atom stereocenters. The van der Waals surface area contributed by atoms with Gasteiger partial charge in [0.1, 0.15) is 24.1 Å². The lowest BCUT2D eigenvalue weighted by Gasteiger charge is -2.35. The van der Waals surface area contributed by atoms with Gasteiger partial charge in [0.15, 0.2) is 11.0 Å². The van der Waals surface area contributed by atoms with Crippen molar-refractivity contribution in [1.29, 1.82) is 0 Å². The molecule has 2 aromatic carbocycles. The van der Waals surface area contributed by atoms with E-state index in [1.54, 1.807) is 0 Å². The van der Waals surface area contributed by atoms with Crippen LogP contribution in [-0.2, 0) is 0 Å². The van der Waals surface area contributed by atoms with Crippen LogP contribution < -0.4 is 15.0 Å². The first-order valence-corrected chi connectivity index (χ1v) is 15.4. The normalized spacial score (nSPS) is 26.7. The third kappa shape index (κ3) is 4.42. The number of nitrogens with one attached hydrogen (secondary N) is 1. The van der Waals surface area contributed by atoms with E-state index in [4.69, 9.17) is 27.7 Å². The van der Waals surface area contributed by atoms with E-state index in [1.165, 1.54) is 0 Å². The molecule has 2 aromatic heterocycles. The Labute approximate surface area is 253 Å². The molecule has 0 saturated carbocycles. The monoisotopic (exact) mass is 600 g/mol. The maximum atomic E-state index is 16.0. The van der Waals surface area contributed by atoms with E-state index in [0.29, 0.717) is 60.6 Å². The summed E-state index contributed by atoms with van der Waals surface area (Å²) in [5.74, 6) is 2.62. The smallest absolute Gasteiger partial charge is 0.319 e. The summed E-state index contributed by atoms with van der Waals surface area (Å²) in [4.78, 5) is 18.5. The summed E-state index contributed by atoms with van der Waals surface area (Å²) >= 11 is 6.48. The zero-order valence-electron chi connectivity index (χ0n) is 23.6. The van der Waals surface area contributed by atoms with Gasteiger partial charge < -0.3 is 15.0 Å². The van der Waals surface area contributed by atoms with Crippen LogP contribution in [0.2, 0.25) is 5.15 Å². The van der Waals surface area contributed by atoms with Crippen molar-refractivity contribution in [2.45, 2.75) is 55.9 Å². The number of piperazine rings is 1. The van der Waals surface area contributed by atoms with Gasteiger partial charge in [-0.15, -0.1) is 6.42 Å². The quantitative estimate of drug-likeness (QED) is 0.239. The number of rotatable bonds is 5. The van der Waals surface area contributed by atoms with Gasteiger partial charge in [-0.1, -0.05) is 47.9 Å². The molecule has 0 radical (unpaired) electrons. The average Bonchev–Trinajstić information content (AvgIpc) is 3.67. The van der Waals surface area contributed by atoms with Gasteiger partial charge in [0, 0.05) is 54.7 Å². The SMILES string of the molecule is C#Cc1cccc2cccc(-c3nc(Cl)c(F)c4nc(OC[C@@]56CCCN5C[C@H](F)C6)nc(N5C[C@H]6CC[C@@H](C5)N6)c34)c12. The number of pyridine rings is 1. The predicted octanol–water partition coefficient (Wildman–Crippen LogP) is 5.51. The van der Waals surface area contributed by atoms with Crippen molar-refractivity contribution in [1.82, 2.24) is 25.2 Å². The van der Waals surface area contributed by atoms with E-state index in [9.17, 15) is 4.39 Å².